The maximum absolute atomic E-state index is 11.7. The van der Waals surface area contributed by atoms with Crippen molar-refractivity contribution in [2.75, 3.05) is 7.05 Å². The molecule has 0 saturated heterocycles. The Hall–Kier alpha value is -1.62. The molecule has 0 unspecified atom stereocenters. The third kappa shape index (κ3) is 2.42. The first-order valence-corrected chi connectivity index (χ1v) is 7.36. The van der Waals surface area contributed by atoms with E-state index in [1.807, 2.05) is 6.07 Å². The van der Waals surface area contributed by atoms with E-state index in [1.165, 1.54) is 24.2 Å². The number of fused-ring (bicyclic) bond motifs is 1. The van der Waals surface area contributed by atoms with E-state index in [-0.39, 0.29) is 5.91 Å². The van der Waals surface area contributed by atoms with Gasteiger partial charge in [-0.2, -0.15) is 0 Å². The monoisotopic (exact) mass is 276 g/mol. The highest BCUT2D eigenvalue weighted by Crippen LogP contribution is 2.34. The van der Waals surface area contributed by atoms with E-state index in [0.717, 1.165) is 28.7 Å². The van der Waals surface area contributed by atoms with Crippen molar-refractivity contribution in [2.24, 2.45) is 0 Å². The Morgan fingerprint density at radius 2 is 2.21 bits per heavy atom. The summed E-state index contributed by atoms with van der Waals surface area (Å²) in [5, 5.41) is 3.64. The van der Waals surface area contributed by atoms with Crippen molar-refractivity contribution in [3.8, 4) is 5.75 Å². The normalized spacial score (nSPS) is 15.8. The Morgan fingerprint density at radius 1 is 1.42 bits per heavy atom. The van der Waals surface area contributed by atoms with Crippen LogP contribution in [0, 0.1) is 0 Å². The Morgan fingerprint density at radius 3 is 2.95 bits per heavy atom. The largest absolute Gasteiger partial charge is 0.488 e. The van der Waals surface area contributed by atoms with Gasteiger partial charge in [-0.25, -0.2) is 0 Å². The molecule has 2 heterocycles. The predicted octanol–water partition coefficient (Wildman–Crippen LogP) is 2.98. The topological polar surface area (TPSA) is 51.2 Å². The maximum Gasteiger partial charge on any atom is 0.261 e. The number of ether oxygens (including phenoxy) is 1. The zero-order valence-electron chi connectivity index (χ0n) is 10.8. The lowest BCUT2D eigenvalue weighted by Gasteiger charge is -2.13. The highest BCUT2D eigenvalue weighted by atomic mass is 32.1. The number of amides is 1. The van der Waals surface area contributed by atoms with Crippen molar-refractivity contribution in [3.63, 3.8) is 0 Å². The minimum atomic E-state index is -0.0620. The highest BCUT2D eigenvalue weighted by Gasteiger charge is 2.19. The van der Waals surface area contributed by atoms with Gasteiger partial charge in [0, 0.05) is 18.6 Å². The second-order valence-electron chi connectivity index (χ2n) is 4.76. The number of nitrogens with one attached hydrogen (secondary N) is 1. The Kier molecular flexibility index (Phi) is 3.38. The molecule has 19 heavy (non-hydrogen) atoms. The van der Waals surface area contributed by atoms with Crippen molar-refractivity contribution in [3.05, 3.63) is 23.3 Å². The highest BCUT2D eigenvalue weighted by molar-refractivity contribution is 7.20. The van der Waals surface area contributed by atoms with Gasteiger partial charge in [0.05, 0.1) is 21.9 Å². The predicted molar refractivity (Wildman–Crippen MR) is 75.9 cm³/mol. The zero-order chi connectivity index (χ0) is 13.2. The van der Waals surface area contributed by atoms with Crippen LogP contribution in [0.5, 0.6) is 5.75 Å². The molecule has 1 saturated carbocycles. The van der Waals surface area contributed by atoms with Crippen LogP contribution >= 0.6 is 11.3 Å². The summed E-state index contributed by atoms with van der Waals surface area (Å²) in [6.07, 6.45) is 8.54. The molecule has 1 aliphatic carbocycles. The fourth-order valence-electron chi connectivity index (χ4n) is 2.45. The van der Waals surface area contributed by atoms with Crippen LogP contribution in [0.3, 0.4) is 0 Å². The van der Waals surface area contributed by atoms with Crippen LogP contribution < -0.4 is 10.1 Å². The van der Waals surface area contributed by atoms with Crippen molar-refractivity contribution in [2.45, 2.75) is 31.8 Å². The molecule has 1 aliphatic rings. The summed E-state index contributed by atoms with van der Waals surface area (Å²) in [5.74, 6) is 0.740. The number of thiophene rings is 1. The quantitative estimate of drug-likeness (QED) is 0.937. The molecule has 0 atom stereocenters. The van der Waals surface area contributed by atoms with Crippen LogP contribution in [0.4, 0.5) is 0 Å². The molecule has 2 aromatic heterocycles. The molecular formula is C14H16N2O2S. The molecule has 1 fully saturated rings. The van der Waals surface area contributed by atoms with Crippen LogP contribution in [0.15, 0.2) is 18.5 Å². The lowest BCUT2D eigenvalue weighted by Crippen LogP contribution is -2.16. The second kappa shape index (κ2) is 5.17. The number of rotatable bonds is 3. The summed E-state index contributed by atoms with van der Waals surface area (Å²) in [5.41, 5.74) is 0. The van der Waals surface area contributed by atoms with Gasteiger partial charge in [-0.05, 0) is 31.7 Å². The number of nitrogens with zero attached hydrogens (tertiary/aromatic N) is 1. The fraction of sp³-hybridized carbons (Fsp3) is 0.429. The van der Waals surface area contributed by atoms with Gasteiger partial charge in [0.15, 0.2) is 0 Å². The first-order valence-electron chi connectivity index (χ1n) is 6.54. The maximum atomic E-state index is 11.7. The van der Waals surface area contributed by atoms with E-state index < -0.39 is 0 Å². The molecule has 5 heteroatoms. The van der Waals surface area contributed by atoms with Gasteiger partial charge in [-0.1, -0.05) is 0 Å². The lowest BCUT2D eigenvalue weighted by molar-refractivity contribution is 0.0967. The first kappa shape index (κ1) is 12.4. The van der Waals surface area contributed by atoms with Crippen molar-refractivity contribution < 1.29 is 9.53 Å². The molecule has 1 amide bonds. The van der Waals surface area contributed by atoms with Crippen LogP contribution in [-0.2, 0) is 0 Å². The molecule has 1 N–H and O–H groups in total. The SMILES string of the molecule is CNC(=O)c1cc2c(OC3CCCC3)cncc2s1. The number of aromatic nitrogens is 1. The van der Waals surface area contributed by atoms with Crippen molar-refractivity contribution in [1.82, 2.24) is 10.3 Å². The molecule has 0 aromatic carbocycles. The Bertz CT molecular complexity index is 603. The second-order valence-corrected chi connectivity index (χ2v) is 5.85. The van der Waals surface area contributed by atoms with Gasteiger partial charge in [-0.15, -0.1) is 11.3 Å². The molecule has 3 rings (SSSR count). The van der Waals surface area contributed by atoms with E-state index in [1.54, 1.807) is 19.4 Å². The van der Waals surface area contributed by atoms with Gasteiger partial charge in [0.25, 0.3) is 5.91 Å². The summed E-state index contributed by atoms with van der Waals surface area (Å²) < 4.78 is 7.02. The van der Waals surface area contributed by atoms with E-state index in [4.69, 9.17) is 4.74 Å². The van der Waals surface area contributed by atoms with E-state index in [9.17, 15) is 4.79 Å². The minimum Gasteiger partial charge on any atom is -0.488 e. The van der Waals surface area contributed by atoms with Crippen LogP contribution in [0.25, 0.3) is 10.1 Å². The number of hydrogen-bond donors (Lipinski definition) is 1. The van der Waals surface area contributed by atoms with E-state index in [2.05, 4.69) is 10.3 Å². The number of pyridine rings is 1. The Labute approximate surface area is 115 Å². The molecule has 0 bridgehead atoms. The van der Waals surface area contributed by atoms with Crippen molar-refractivity contribution >= 4 is 27.3 Å². The van der Waals surface area contributed by atoms with Crippen LogP contribution in [0.2, 0.25) is 0 Å². The first-order chi connectivity index (χ1) is 9.28. The van der Waals surface area contributed by atoms with Gasteiger partial charge in [0.2, 0.25) is 0 Å². The average molecular weight is 276 g/mol. The fourth-order valence-corrected chi connectivity index (χ4v) is 3.44. The summed E-state index contributed by atoms with van der Waals surface area (Å²) in [6.45, 7) is 0. The molecule has 0 radical (unpaired) electrons. The number of hydrogen-bond acceptors (Lipinski definition) is 4. The average Bonchev–Trinajstić information content (AvgIpc) is 3.06. The molecule has 0 aliphatic heterocycles. The van der Waals surface area contributed by atoms with Gasteiger partial charge < -0.3 is 10.1 Å². The summed E-state index contributed by atoms with van der Waals surface area (Å²) >= 11 is 1.45. The molecule has 4 nitrogen and oxygen atoms in total. The molecular weight excluding hydrogens is 260 g/mol. The number of carbonyl (C=O) groups excluding carboxylic acids is 1. The standard InChI is InChI=1S/C14H16N2O2S/c1-15-14(17)12-6-10-11(7-16-8-13(10)19-12)18-9-4-2-3-5-9/h6-9H,2-5H2,1H3,(H,15,17). The third-order valence-electron chi connectivity index (χ3n) is 3.46. The lowest BCUT2D eigenvalue weighted by atomic mass is 10.2. The van der Waals surface area contributed by atoms with Crippen LogP contribution in [-0.4, -0.2) is 24.0 Å². The summed E-state index contributed by atoms with van der Waals surface area (Å²) in [6, 6.07) is 1.89. The van der Waals surface area contributed by atoms with Gasteiger partial charge >= 0.3 is 0 Å². The number of carbonyl (C=O) groups is 1. The van der Waals surface area contributed by atoms with Gasteiger partial charge in [0.1, 0.15) is 5.75 Å². The summed E-state index contributed by atoms with van der Waals surface area (Å²) in [7, 11) is 1.64. The smallest absolute Gasteiger partial charge is 0.261 e. The zero-order valence-corrected chi connectivity index (χ0v) is 11.6. The van der Waals surface area contributed by atoms with E-state index >= 15 is 0 Å². The van der Waals surface area contributed by atoms with Crippen LogP contribution in [0.1, 0.15) is 35.4 Å². The molecule has 0 spiro atoms. The molecule has 100 valence electrons. The van der Waals surface area contributed by atoms with Gasteiger partial charge in [-0.3, -0.25) is 9.78 Å². The molecule has 2 aromatic rings. The van der Waals surface area contributed by atoms with E-state index in [0.29, 0.717) is 11.0 Å². The minimum absolute atomic E-state index is 0.0620. The third-order valence-corrected chi connectivity index (χ3v) is 4.52. The summed E-state index contributed by atoms with van der Waals surface area (Å²) in [4.78, 5) is 16.6. The van der Waals surface area contributed by atoms with Crippen molar-refractivity contribution in [1.29, 1.82) is 0 Å². The Balaban J connectivity index is 1.94.